The summed E-state index contributed by atoms with van der Waals surface area (Å²) in [5.41, 5.74) is -1.22. The van der Waals surface area contributed by atoms with Crippen LogP contribution in [0, 0.1) is 0 Å². The van der Waals surface area contributed by atoms with Crippen molar-refractivity contribution in [1.29, 1.82) is 0 Å². The number of carbonyl (C=O) groups excluding carboxylic acids is 1. The minimum atomic E-state index is -3.06. The summed E-state index contributed by atoms with van der Waals surface area (Å²) >= 11 is 0. The van der Waals surface area contributed by atoms with Crippen LogP contribution in [0.15, 0.2) is 30.3 Å². The highest BCUT2D eigenvalue weighted by atomic mass is 19.3. The van der Waals surface area contributed by atoms with Gasteiger partial charge in [-0.05, 0) is 5.56 Å². The van der Waals surface area contributed by atoms with Gasteiger partial charge in [-0.15, -0.1) is 0 Å². The van der Waals surface area contributed by atoms with Gasteiger partial charge in [-0.25, -0.2) is 18.4 Å². The molecule has 0 radical (unpaired) electrons. The van der Waals surface area contributed by atoms with Gasteiger partial charge in [0.25, 0.3) is 5.92 Å². The largest absolute Gasteiger partial charge is 0.479 e. The number of hydrogen-bond donors (Lipinski definition) is 2. The van der Waals surface area contributed by atoms with E-state index in [1.807, 2.05) is 5.32 Å². The number of halogens is 2. The maximum atomic E-state index is 12.8. The van der Waals surface area contributed by atoms with Gasteiger partial charge in [0.05, 0.1) is 0 Å². The molecule has 0 saturated heterocycles. The van der Waals surface area contributed by atoms with Gasteiger partial charge in [0.15, 0.2) is 5.54 Å². The van der Waals surface area contributed by atoms with Gasteiger partial charge in [0.2, 0.25) is 0 Å². The predicted molar refractivity (Wildman–Crippen MR) is 64.3 cm³/mol. The lowest BCUT2D eigenvalue weighted by molar-refractivity contribution is -0.176. The van der Waals surface area contributed by atoms with Crippen LogP contribution in [0.5, 0.6) is 0 Å². The van der Waals surface area contributed by atoms with E-state index in [2.05, 4.69) is 0 Å². The summed E-state index contributed by atoms with van der Waals surface area (Å²) in [4.78, 5) is 22.5. The third-order valence-electron chi connectivity index (χ3n) is 3.08. The maximum Gasteiger partial charge on any atom is 0.408 e. The van der Waals surface area contributed by atoms with Gasteiger partial charge in [-0.2, -0.15) is 0 Å². The van der Waals surface area contributed by atoms with Crippen LogP contribution in [0.25, 0.3) is 0 Å². The molecule has 2 rings (SSSR count). The summed E-state index contributed by atoms with van der Waals surface area (Å²) in [5.74, 6) is -4.55. The summed E-state index contributed by atoms with van der Waals surface area (Å²) in [5, 5.41) is 11.0. The number of aliphatic carboxylic acids is 1. The Bertz CT molecular complexity index is 510. The number of carboxylic acid groups (broad SMARTS) is 1. The zero-order valence-corrected chi connectivity index (χ0v) is 10.4. The lowest BCUT2D eigenvalue weighted by Gasteiger charge is -2.43. The Labute approximate surface area is 113 Å². The molecule has 0 aliphatic heterocycles. The number of hydrogen-bond acceptors (Lipinski definition) is 3. The smallest absolute Gasteiger partial charge is 0.408 e. The molecule has 2 N–H and O–H groups in total. The van der Waals surface area contributed by atoms with Gasteiger partial charge in [0.1, 0.15) is 6.61 Å². The van der Waals surface area contributed by atoms with Crippen molar-refractivity contribution in [1.82, 2.24) is 5.32 Å². The van der Waals surface area contributed by atoms with E-state index in [0.29, 0.717) is 5.56 Å². The van der Waals surface area contributed by atoms with E-state index < -0.39 is 36.4 Å². The molecule has 0 atom stereocenters. The molecule has 1 fully saturated rings. The van der Waals surface area contributed by atoms with Crippen molar-refractivity contribution in [2.75, 3.05) is 0 Å². The van der Waals surface area contributed by atoms with Crippen molar-refractivity contribution in [3.05, 3.63) is 35.9 Å². The highest BCUT2D eigenvalue weighted by molar-refractivity contribution is 5.86. The second kappa shape index (κ2) is 5.07. The van der Waals surface area contributed by atoms with E-state index in [1.165, 1.54) is 0 Å². The first kappa shape index (κ1) is 14.2. The molecular weight excluding hydrogens is 272 g/mol. The van der Waals surface area contributed by atoms with E-state index in [-0.39, 0.29) is 6.61 Å². The molecule has 1 aromatic rings. The van der Waals surface area contributed by atoms with Gasteiger partial charge < -0.3 is 15.2 Å². The van der Waals surface area contributed by atoms with Crippen molar-refractivity contribution in [3.63, 3.8) is 0 Å². The molecule has 108 valence electrons. The summed E-state index contributed by atoms with van der Waals surface area (Å²) in [6, 6.07) is 8.73. The van der Waals surface area contributed by atoms with E-state index in [9.17, 15) is 18.4 Å². The van der Waals surface area contributed by atoms with E-state index >= 15 is 0 Å². The van der Waals surface area contributed by atoms with Crippen molar-refractivity contribution in [2.45, 2.75) is 30.9 Å². The number of nitrogens with one attached hydrogen (secondary N) is 1. The van der Waals surface area contributed by atoms with Crippen LogP contribution in [0.3, 0.4) is 0 Å². The first-order chi connectivity index (χ1) is 9.33. The number of rotatable bonds is 4. The Kier molecular flexibility index (Phi) is 3.61. The Morgan fingerprint density at radius 1 is 1.25 bits per heavy atom. The molecule has 1 aliphatic carbocycles. The average molecular weight is 285 g/mol. The molecule has 0 unspecified atom stereocenters. The van der Waals surface area contributed by atoms with Crippen LogP contribution in [0.1, 0.15) is 18.4 Å². The average Bonchev–Trinajstić information content (AvgIpc) is 2.35. The third-order valence-corrected chi connectivity index (χ3v) is 3.08. The fourth-order valence-electron chi connectivity index (χ4n) is 2.08. The fraction of sp³-hybridized carbons (Fsp3) is 0.385. The summed E-state index contributed by atoms with van der Waals surface area (Å²) in [7, 11) is 0. The van der Waals surface area contributed by atoms with Gasteiger partial charge >= 0.3 is 12.1 Å². The molecule has 1 aliphatic rings. The minimum absolute atomic E-state index is 0.0568. The standard InChI is InChI=1S/C13H13F2NO4/c14-13(15)7-12(8-13,10(17)18)16-11(19)20-6-9-4-2-1-3-5-9/h1-5H,6-8H2,(H,16,19)(H,17,18). The molecule has 0 spiro atoms. The zero-order chi connectivity index (χ0) is 14.8. The first-order valence-electron chi connectivity index (χ1n) is 5.93. The van der Waals surface area contributed by atoms with Crippen LogP contribution in [-0.4, -0.2) is 28.6 Å². The zero-order valence-electron chi connectivity index (χ0n) is 10.4. The minimum Gasteiger partial charge on any atom is -0.479 e. The maximum absolute atomic E-state index is 12.8. The van der Waals surface area contributed by atoms with Gasteiger partial charge in [-0.1, -0.05) is 30.3 Å². The number of alkyl halides is 2. The van der Waals surface area contributed by atoms with Gasteiger partial charge in [-0.3, -0.25) is 0 Å². The van der Waals surface area contributed by atoms with Crippen molar-refractivity contribution < 1.29 is 28.2 Å². The quantitative estimate of drug-likeness (QED) is 0.889. The Morgan fingerprint density at radius 2 is 1.85 bits per heavy atom. The third kappa shape index (κ3) is 3.04. The van der Waals surface area contributed by atoms with Crippen molar-refractivity contribution in [3.8, 4) is 0 Å². The van der Waals surface area contributed by atoms with Crippen LogP contribution in [0.4, 0.5) is 13.6 Å². The van der Waals surface area contributed by atoms with Crippen LogP contribution >= 0.6 is 0 Å². The molecule has 20 heavy (non-hydrogen) atoms. The SMILES string of the molecule is O=C(NC1(C(=O)O)CC(F)(F)C1)OCc1ccccc1. The number of amides is 1. The molecule has 1 amide bonds. The first-order valence-corrected chi connectivity index (χ1v) is 5.93. The topological polar surface area (TPSA) is 75.6 Å². The second-order valence-corrected chi connectivity index (χ2v) is 4.78. The Balaban J connectivity index is 1.89. The molecule has 7 heteroatoms. The number of benzene rings is 1. The van der Waals surface area contributed by atoms with Crippen LogP contribution in [0.2, 0.25) is 0 Å². The predicted octanol–water partition coefficient (Wildman–Crippen LogP) is 2.17. The van der Waals surface area contributed by atoms with E-state index in [1.54, 1.807) is 30.3 Å². The normalized spacial score (nSPS) is 18.7. The second-order valence-electron chi connectivity index (χ2n) is 4.78. The number of carbonyl (C=O) groups is 2. The van der Waals surface area contributed by atoms with Crippen LogP contribution < -0.4 is 5.32 Å². The monoisotopic (exact) mass is 285 g/mol. The van der Waals surface area contributed by atoms with Gasteiger partial charge in [0, 0.05) is 12.8 Å². The van der Waals surface area contributed by atoms with E-state index in [0.717, 1.165) is 0 Å². The number of carboxylic acids is 1. The molecule has 5 nitrogen and oxygen atoms in total. The molecule has 1 aromatic carbocycles. The van der Waals surface area contributed by atoms with Crippen molar-refractivity contribution in [2.24, 2.45) is 0 Å². The molecule has 0 bridgehead atoms. The Hall–Kier alpha value is -2.18. The highest BCUT2D eigenvalue weighted by Crippen LogP contribution is 2.45. The molecule has 1 saturated carbocycles. The van der Waals surface area contributed by atoms with Crippen molar-refractivity contribution >= 4 is 12.1 Å². The lowest BCUT2D eigenvalue weighted by atomic mass is 9.73. The fourth-order valence-corrected chi connectivity index (χ4v) is 2.08. The molecular formula is C13H13F2NO4. The summed E-state index contributed by atoms with van der Waals surface area (Å²) in [6.07, 6.45) is -2.86. The summed E-state index contributed by atoms with van der Waals surface area (Å²) < 4.78 is 30.5. The highest BCUT2D eigenvalue weighted by Gasteiger charge is 2.62. The molecule has 0 aromatic heterocycles. The number of ether oxygens (including phenoxy) is 1. The lowest BCUT2D eigenvalue weighted by Crippen LogP contribution is -2.66. The molecule has 0 heterocycles. The number of alkyl carbamates (subject to hydrolysis) is 1. The van der Waals surface area contributed by atoms with E-state index in [4.69, 9.17) is 9.84 Å². The summed E-state index contributed by atoms with van der Waals surface area (Å²) in [6.45, 7) is -0.0568. The van der Waals surface area contributed by atoms with Crippen LogP contribution in [-0.2, 0) is 16.1 Å². The Morgan fingerprint density at radius 3 is 2.35 bits per heavy atom.